The summed E-state index contributed by atoms with van der Waals surface area (Å²) in [5, 5.41) is 8.86. The molecule has 1 aliphatic heterocycles. The van der Waals surface area contributed by atoms with Crippen molar-refractivity contribution in [2.24, 2.45) is 5.92 Å². The van der Waals surface area contributed by atoms with Crippen LogP contribution in [0.5, 0.6) is 0 Å². The number of aryl methyl sites for hydroxylation is 2. The van der Waals surface area contributed by atoms with Crippen LogP contribution in [0.15, 0.2) is 34.7 Å². The minimum atomic E-state index is -0.761. The third kappa shape index (κ3) is 4.50. The molecule has 6 heteroatoms. The molecule has 1 aliphatic rings. The second-order valence-electron chi connectivity index (χ2n) is 6.81. The Morgan fingerprint density at radius 1 is 1.23 bits per heavy atom. The number of carboxylic acids is 1. The van der Waals surface area contributed by atoms with E-state index in [9.17, 15) is 9.59 Å². The highest BCUT2D eigenvalue weighted by atomic mass is 16.4. The van der Waals surface area contributed by atoms with E-state index in [0.29, 0.717) is 31.8 Å². The summed E-state index contributed by atoms with van der Waals surface area (Å²) < 4.78 is 5.85. The van der Waals surface area contributed by atoms with Crippen LogP contribution in [-0.2, 0) is 16.0 Å². The van der Waals surface area contributed by atoms with Crippen molar-refractivity contribution in [1.82, 2.24) is 9.88 Å². The zero-order valence-corrected chi connectivity index (χ0v) is 15.0. The van der Waals surface area contributed by atoms with Crippen molar-refractivity contribution in [3.63, 3.8) is 0 Å². The maximum atomic E-state index is 12.4. The summed E-state index contributed by atoms with van der Waals surface area (Å²) >= 11 is 0. The molecule has 1 saturated heterocycles. The number of benzene rings is 1. The van der Waals surface area contributed by atoms with Crippen molar-refractivity contribution in [3.05, 3.63) is 41.9 Å². The number of amides is 1. The highest BCUT2D eigenvalue weighted by Crippen LogP contribution is 2.25. The highest BCUT2D eigenvalue weighted by Gasteiger charge is 2.24. The largest absolute Gasteiger partial charge is 0.481 e. The molecule has 1 aromatic carbocycles. The third-order valence-electron chi connectivity index (χ3n) is 4.86. The third-order valence-corrected chi connectivity index (χ3v) is 4.86. The monoisotopic (exact) mass is 356 g/mol. The molecule has 0 atom stereocenters. The van der Waals surface area contributed by atoms with Crippen molar-refractivity contribution in [1.29, 1.82) is 0 Å². The van der Waals surface area contributed by atoms with Gasteiger partial charge in [-0.2, -0.15) is 0 Å². The molecule has 1 amide bonds. The molecule has 2 aromatic rings. The van der Waals surface area contributed by atoms with Crippen LogP contribution >= 0.6 is 0 Å². The zero-order chi connectivity index (χ0) is 18.5. The topological polar surface area (TPSA) is 83.6 Å². The number of piperidine rings is 1. The molecule has 0 aliphatic carbocycles. The predicted octanol–water partition coefficient (Wildman–Crippen LogP) is 3.30. The van der Waals surface area contributed by atoms with E-state index in [0.717, 1.165) is 29.9 Å². The van der Waals surface area contributed by atoms with Crippen LogP contribution in [0.3, 0.4) is 0 Å². The SMILES string of the molecule is Cc1nc(CCC(=O)N2CCC(CC(=O)O)CC2)oc1-c1ccccc1. The highest BCUT2D eigenvalue weighted by molar-refractivity contribution is 5.76. The molecule has 6 nitrogen and oxygen atoms in total. The van der Waals surface area contributed by atoms with Crippen molar-refractivity contribution >= 4 is 11.9 Å². The second kappa shape index (κ2) is 8.17. The predicted molar refractivity (Wildman–Crippen MR) is 96.6 cm³/mol. The Morgan fingerprint density at radius 2 is 1.92 bits per heavy atom. The summed E-state index contributed by atoms with van der Waals surface area (Å²) in [6, 6.07) is 9.81. The lowest BCUT2D eigenvalue weighted by Crippen LogP contribution is -2.39. The molecule has 0 bridgehead atoms. The summed E-state index contributed by atoms with van der Waals surface area (Å²) in [5.41, 5.74) is 1.81. The van der Waals surface area contributed by atoms with Crippen LogP contribution in [0.2, 0.25) is 0 Å². The first kappa shape index (κ1) is 18.2. The molecule has 3 rings (SSSR count). The molecule has 0 spiro atoms. The van der Waals surface area contributed by atoms with Gasteiger partial charge in [0.1, 0.15) is 0 Å². The molecular weight excluding hydrogens is 332 g/mol. The van der Waals surface area contributed by atoms with Gasteiger partial charge in [0.2, 0.25) is 5.91 Å². The van der Waals surface area contributed by atoms with Gasteiger partial charge in [0.05, 0.1) is 5.69 Å². The minimum absolute atomic E-state index is 0.0795. The van der Waals surface area contributed by atoms with E-state index in [2.05, 4.69) is 4.98 Å². The van der Waals surface area contributed by atoms with Gasteiger partial charge in [-0.3, -0.25) is 9.59 Å². The van der Waals surface area contributed by atoms with Gasteiger partial charge in [-0.15, -0.1) is 0 Å². The first-order valence-corrected chi connectivity index (χ1v) is 9.04. The van der Waals surface area contributed by atoms with E-state index >= 15 is 0 Å². The van der Waals surface area contributed by atoms with Gasteiger partial charge in [0.25, 0.3) is 0 Å². The number of aliphatic carboxylic acids is 1. The average molecular weight is 356 g/mol. The Bertz CT molecular complexity index is 761. The van der Waals surface area contributed by atoms with Crippen LogP contribution in [-0.4, -0.2) is 40.0 Å². The number of carbonyl (C=O) groups excluding carboxylic acids is 1. The van der Waals surface area contributed by atoms with E-state index in [1.54, 1.807) is 0 Å². The van der Waals surface area contributed by atoms with Gasteiger partial charge < -0.3 is 14.4 Å². The van der Waals surface area contributed by atoms with E-state index < -0.39 is 5.97 Å². The number of carboxylic acid groups (broad SMARTS) is 1. The standard InChI is InChI=1S/C20H24N2O4/c1-14-20(16-5-3-2-4-6-16)26-17(21-14)7-8-18(23)22-11-9-15(10-12-22)13-19(24)25/h2-6,15H,7-13H2,1H3,(H,24,25). The fourth-order valence-electron chi connectivity index (χ4n) is 3.42. The maximum Gasteiger partial charge on any atom is 0.303 e. The minimum Gasteiger partial charge on any atom is -0.481 e. The number of hydrogen-bond acceptors (Lipinski definition) is 4. The fourth-order valence-corrected chi connectivity index (χ4v) is 3.42. The molecule has 0 unspecified atom stereocenters. The number of aromatic nitrogens is 1. The number of likely N-dealkylation sites (tertiary alicyclic amines) is 1. The molecule has 1 N–H and O–H groups in total. The summed E-state index contributed by atoms with van der Waals surface area (Å²) in [4.78, 5) is 29.5. The van der Waals surface area contributed by atoms with Crippen LogP contribution < -0.4 is 0 Å². The van der Waals surface area contributed by atoms with Gasteiger partial charge >= 0.3 is 5.97 Å². The molecule has 1 fully saturated rings. The second-order valence-corrected chi connectivity index (χ2v) is 6.81. The van der Waals surface area contributed by atoms with Crippen LogP contribution in [0.25, 0.3) is 11.3 Å². The Morgan fingerprint density at radius 3 is 2.58 bits per heavy atom. The number of rotatable bonds is 6. The summed E-state index contributed by atoms with van der Waals surface area (Å²) in [6.07, 6.45) is 2.54. The van der Waals surface area contributed by atoms with Crippen molar-refractivity contribution in [2.45, 2.75) is 39.0 Å². The normalized spacial score (nSPS) is 15.2. The Kier molecular flexibility index (Phi) is 5.71. The number of carbonyl (C=O) groups is 2. The van der Waals surface area contributed by atoms with Gasteiger partial charge in [0, 0.05) is 37.9 Å². The lowest BCUT2D eigenvalue weighted by atomic mass is 9.93. The number of hydrogen-bond donors (Lipinski definition) is 1. The van der Waals surface area contributed by atoms with Crippen LogP contribution in [0.4, 0.5) is 0 Å². The van der Waals surface area contributed by atoms with E-state index in [1.165, 1.54) is 0 Å². The molecule has 2 heterocycles. The van der Waals surface area contributed by atoms with E-state index in [1.807, 2.05) is 42.2 Å². The lowest BCUT2D eigenvalue weighted by molar-refractivity contribution is -0.138. The number of nitrogens with zero attached hydrogens (tertiary/aromatic N) is 2. The molecule has 0 radical (unpaired) electrons. The summed E-state index contributed by atoms with van der Waals surface area (Å²) in [6.45, 7) is 3.18. The lowest BCUT2D eigenvalue weighted by Gasteiger charge is -2.31. The van der Waals surface area contributed by atoms with E-state index in [-0.39, 0.29) is 18.2 Å². The molecule has 1 aromatic heterocycles. The van der Waals surface area contributed by atoms with Crippen LogP contribution in [0, 0.1) is 12.8 Å². The smallest absolute Gasteiger partial charge is 0.303 e. The quantitative estimate of drug-likeness (QED) is 0.858. The van der Waals surface area contributed by atoms with Crippen LogP contribution in [0.1, 0.15) is 37.3 Å². The van der Waals surface area contributed by atoms with Gasteiger partial charge in [-0.25, -0.2) is 4.98 Å². The zero-order valence-electron chi connectivity index (χ0n) is 15.0. The maximum absolute atomic E-state index is 12.4. The van der Waals surface area contributed by atoms with Crippen molar-refractivity contribution in [3.8, 4) is 11.3 Å². The van der Waals surface area contributed by atoms with Gasteiger partial charge in [-0.05, 0) is 25.7 Å². The fraction of sp³-hybridized carbons (Fsp3) is 0.450. The molecular formula is C20H24N2O4. The average Bonchev–Trinajstić information content (AvgIpc) is 3.01. The first-order chi connectivity index (χ1) is 12.5. The Hall–Kier alpha value is -2.63. The van der Waals surface area contributed by atoms with Gasteiger partial charge in [-0.1, -0.05) is 30.3 Å². The summed E-state index contributed by atoms with van der Waals surface area (Å²) in [5.74, 6) is 0.830. The van der Waals surface area contributed by atoms with E-state index in [4.69, 9.17) is 9.52 Å². The molecule has 138 valence electrons. The molecule has 0 saturated carbocycles. The van der Waals surface area contributed by atoms with Crippen molar-refractivity contribution in [2.75, 3.05) is 13.1 Å². The Balaban J connectivity index is 1.52. The summed E-state index contributed by atoms with van der Waals surface area (Å²) in [7, 11) is 0. The Labute approximate surface area is 152 Å². The van der Waals surface area contributed by atoms with Crippen molar-refractivity contribution < 1.29 is 19.1 Å². The number of oxazole rings is 1. The molecule has 26 heavy (non-hydrogen) atoms. The van der Waals surface area contributed by atoms with Gasteiger partial charge in [0.15, 0.2) is 11.7 Å². The first-order valence-electron chi connectivity index (χ1n) is 9.04.